The number of benzene rings is 6. The Balaban J connectivity index is 0.000000128. The molecule has 0 unspecified atom stereocenters. The highest BCUT2D eigenvalue weighted by molar-refractivity contribution is 14.1. The summed E-state index contributed by atoms with van der Waals surface area (Å²) in [6.07, 6.45) is 0. The summed E-state index contributed by atoms with van der Waals surface area (Å²) in [5, 5.41) is 3.32. The number of halogens is 3. The first-order chi connectivity index (χ1) is 21.0. The Kier molecular flexibility index (Phi) is 9.31. The second-order valence-electron chi connectivity index (χ2n) is 9.51. The van der Waals surface area contributed by atoms with Crippen molar-refractivity contribution in [2.45, 2.75) is 0 Å². The van der Waals surface area contributed by atoms with Crippen molar-refractivity contribution in [2.75, 3.05) is 10.2 Å². The zero-order valence-corrected chi connectivity index (χ0v) is 28.1. The minimum absolute atomic E-state index is 0.871. The van der Waals surface area contributed by atoms with Crippen molar-refractivity contribution < 1.29 is 9.47 Å². The number of rotatable bonds is 1. The number of hydrogen-bond acceptors (Lipinski definition) is 4. The van der Waals surface area contributed by atoms with Crippen molar-refractivity contribution in [3.63, 3.8) is 0 Å². The van der Waals surface area contributed by atoms with Gasteiger partial charge in [0.2, 0.25) is 0 Å². The molecule has 4 nitrogen and oxygen atoms in total. The van der Waals surface area contributed by atoms with E-state index in [1.165, 1.54) is 3.57 Å². The molecule has 43 heavy (non-hydrogen) atoms. The predicted octanol–water partition coefficient (Wildman–Crippen LogP) is 12.6. The summed E-state index contributed by atoms with van der Waals surface area (Å²) < 4.78 is 15.2. The Morgan fingerprint density at radius 3 is 1.47 bits per heavy atom. The van der Waals surface area contributed by atoms with Crippen LogP contribution in [0.4, 0.5) is 28.4 Å². The van der Waals surface area contributed by atoms with Gasteiger partial charge in [0, 0.05) is 18.2 Å². The fourth-order valence-electron chi connectivity index (χ4n) is 4.64. The molecule has 0 atom stereocenters. The highest BCUT2D eigenvalue weighted by Crippen LogP contribution is 2.50. The van der Waals surface area contributed by atoms with Crippen molar-refractivity contribution in [3.05, 3.63) is 158 Å². The molecule has 2 aliphatic rings. The van der Waals surface area contributed by atoms with Gasteiger partial charge >= 0.3 is 0 Å². The second kappa shape index (κ2) is 13.7. The van der Waals surface area contributed by atoms with Gasteiger partial charge in [-0.3, -0.25) is 0 Å². The zero-order valence-electron chi connectivity index (χ0n) is 22.8. The number of ether oxygens (including phenoxy) is 2. The second-order valence-corrected chi connectivity index (χ2v) is 12.6. The summed E-state index contributed by atoms with van der Waals surface area (Å²) in [6.45, 7) is 0. The summed E-state index contributed by atoms with van der Waals surface area (Å²) in [4.78, 5) is 2.22. The summed E-state index contributed by atoms with van der Waals surface area (Å²) in [5.74, 6) is 3.50. The summed E-state index contributed by atoms with van der Waals surface area (Å²) >= 11 is 9.18. The number of hydrogen-bond donors (Lipinski definition) is 1. The first-order valence-corrected chi connectivity index (χ1v) is 16.2. The van der Waals surface area contributed by atoms with Gasteiger partial charge in [0.1, 0.15) is 0 Å². The molecule has 7 heteroatoms. The maximum atomic E-state index is 6.01. The van der Waals surface area contributed by atoms with Gasteiger partial charge in [0.15, 0.2) is 23.0 Å². The molecule has 212 valence electrons. The molecule has 0 saturated heterocycles. The average molecular weight is 804 g/mol. The number of anilines is 5. The van der Waals surface area contributed by atoms with Crippen LogP contribution in [0.15, 0.2) is 155 Å². The molecule has 1 N–H and O–H groups in total. The predicted molar refractivity (Wildman–Crippen MR) is 192 cm³/mol. The highest BCUT2D eigenvalue weighted by Gasteiger charge is 2.25. The maximum absolute atomic E-state index is 6.01. The molecular weight excluding hydrogens is 779 g/mol. The van der Waals surface area contributed by atoms with E-state index in [2.05, 4.69) is 101 Å². The monoisotopic (exact) mass is 802 g/mol. The molecule has 2 heterocycles. The Hall–Kier alpha value is -3.79. The Bertz CT molecular complexity index is 1730. The van der Waals surface area contributed by atoms with Crippen molar-refractivity contribution in [1.82, 2.24) is 0 Å². The van der Waals surface area contributed by atoms with Crippen LogP contribution in [-0.4, -0.2) is 0 Å². The first-order valence-electron chi connectivity index (χ1n) is 13.5. The van der Waals surface area contributed by atoms with Gasteiger partial charge in [-0.1, -0.05) is 92.5 Å². The molecule has 8 rings (SSSR count). The largest absolute Gasteiger partial charge is 0.453 e. The smallest absolute Gasteiger partial charge is 0.151 e. The van der Waals surface area contributed by atoms with E-state index in [0.717, 1.165) is 60.4 Å². The third kappa shape index (κ3) is 7.06. The molecule has 2 aliphatic heterocycles. The van der Waals surface area contributed by atoms with Crippen LogP contribution in [0.2, 0.25) is 0 Å². The number of fused-ring (bicyclic) bond motifs is 4. The van der Waals surface area contributed by atoms with E-state index in [0.29, 0.717) is 0 Å². The molecule has 0 spiro atoms. The van der Waals surface area contributed by atoms with E-state index in [4.69, 9.17) is 9.47 Å². The first kappa shape index (κ1) is 29.3. The molecule has 6 aromatic carbocycles. The minimum Gasteiger partial charge on any atom is -0.453 e. The van der Waals surface area contributed by atoms with Crippen LogP contribution in [0, 0.1) is 3.57 Å². The van der Waals surface area contributed by atoms with Crippen molar-refractivity contribution >= 4 is 82.9 Å². The molecule has 0 amide bonds. The lowest BCUT2D eigenvalue weighted by molar-refractivity contribution is 0.477. The molecule has 0 saturated carbocycles. The Morgan fingerprint density at radius 2 is 0.953 bits per heavy atom. The van der Waals surface area contributed by atoms with Gasteiger partial charge in [-0.25, -0.2) is 0 Å². The lowest BCUT2D eigenvalue weighted by Gasteiger charge is -2.32. The SMILES string of the molecule is Brc1cccc(I)c1.Brc1cccc(N2c3ccccc3Oc3ccccc32)c1.c1ccc2c(c1)Nc1ccccc1O2. The van der Waals surface area contributed by atoms with Crippen LogP contribution in [0.3, 0.4) is 0 Å². The number of nitrogens with one attached hydrogen (secondary N) is 1. The molecular formula is C36H25Br2IN2O2. The molecule has 0 radical (unpaired) electrons. The molecule has 0 aliphatic carbocycles. The van der Waals surface area contributed by atoms with Crippen LogP contribution < -0.4 is 19.7 Å². The maximum Gasteiger partial charge on any atom is 0.151 e. The van der Waals surface area contributed by atoms with Crippen LogP contribution in [0.1, 0.15) is 0 Å². The third-order valence-electron chi connectivity index (χ3n) is 6.55. The molecule has 0 fully saturated rings. The fourth-order valence-corrected chi connectivity index (χ4v) is 6.40. The van der Waals surface area contributed by atoms with Crippen molar-refractivity contribution in [2.24, 2.45) is 0 Å². The summed E-state index contributed by atoms with van der Waals surface area (Å²) in [6, 6.07) is 48.5. The zero-order chi connectivity index (χ0) is 29.6. The third-order valence-corrected chi connectivity index (χ3v) is 8.21. The van der Waals surface area contributed by atoms with E-state index in [1.807, 2.05) is 109 Å². The van der Waals surface area contributed by atoms with Gasteiger partial charge < -0.3 is 19.7 Å². The van der Waals surface area contributed by atoms with E-state index in [9.17, 15) is 0 Å². The highest BCUT2D eigenvalue weighted by atomic mass is 127. The van der Waals surface area contributed by atoms with Crippen LogP contribution in [0.25, 0.3) is 0 Å². The van der Waals surface area contributed by atoms with Crippen LogP contribution >= 0.6 is 54.5 Å². The van der Waals surface area contributed by atoms with Crippen molar-refractivity contribution in [1.29, 1.82) is 0 Å². The minimum atomic E-state index is 0.871. The van der Waals surface area contributed by atoms with Crippen LogP contribution in [-0.2, 0) is 0 Å². The Labute approximate surface area is 281 Å². The topological polar surface area (TPSA) is 33.7 Å². The van der Waals surface area contributed by atoms with E-state index < -0.39 is 0 Å². The van der Waals surface area contributed by atoms with Gasteiger partial charge in [-0.2, -0.15) is 0 Å². The normalized spacial score (nSPS) is 11.7. The summed E-state index contributed by atoms with van der Waals surface area (Å²) in [5.41, 5.74) is 5.24. The molecule has 0 aromatic heterocycles. The molecule has 0 bridgehead atoms. The van der Waals surface area contributed by atoms with Crippen molar-refractivity contribution in [3.8, 4) is 23.0 Å². The van der Waals surface area contributed by atoms with Crippen LogP contribution in [0.5, 0.6) is 23.0 Å². The fraction of sp³-hybridized carbons (Fsp3) is 0. The van der Waals surface area contributed by atoms with E-state index >= 15 is 0 Å². The van der Waals surface area contributed by atoms with Gasteiger partial charge in [0.25, 0.3) is 0 Å². The number of nitrogens with zero attached hydrogens (tertiary/aromatic N) is 1. The lowest BCUT2D eigenvalue weighted by Crippen LogP contribution is -2.15. The summed E-state index contributed by atoms with van der Waals surface area (Å²) in [7, 11) is 0. The standard InChI is InChI=1S/C18H12BrNO.C12H9NO.C6H4BrI/c19-13-6-5-7-14(12-13)20-15-8-1-3-10-17(15)21-18-11-4-2-9-16(18)20;1-3-7-11-9(5-1)13-10-6-2-4-8-12(10)14-11;7-5-2-1-3-6(8)4-5/h1-12H;1-8,13H;1-4H. The molecule has 6 aromatic rings. The van der Waals surface area contributed by atoms with Gasteiger partial charge in [-0.15, -0.1) is 0 Å². The Morgan fingerprint density at radius 1 is 0.488 bits per heavy atom. The quantitative estimate of drug-likeness (QED) is 0.168. The van der Waals surface area contributed by atoms with E-state index in [1.54, 1.807) is 0 Å². The number of para-hydroxylation sites is 8. The van der Waals surface area contributed by atoms with Gasteiger partial charge in [0.05, 0.1) is 22.7 Å². The van der Waals surface area contributed by atoms with Gasteiger partial charge in [-0.05, 0) is 108 Å². The van der Waals surface area contributed by atoms with E-state index in [-0.39, 0.29) is 0 Å². The lowest BCUT2D eigenvalue weighted by atomic mass is 10.1. The average Bonchev–Trinajstić information content (AvgIpc) is 3.03.